The van der Waals surface area contributed by atoms with E-state index in [9.17, 15) is 18.4 Å². The maximum atomic E-state index is 13.4. The molecule has 0 aromatic heterocycles. The number of para-hydroxylation sites is 1. The van der Waals surface area contributed by atoms with Crippen LogP contribution in [0.1, 0.15) is 18.4 Å². The molecule has 0 saturated carbocycles. The Morgan fingerprint density at radius 1 is 1.00 bits per heavy atom. The summed E-state index contributed by atoms with van der Waals surface area (Å²) in [4.78, 5) is 23.4. The molecule has 0 aliphatic rings. The number of ether oxygens (including phenoxy) is 1. The van der Waals surface area contributed by atoms with Crippen LogP contribution in [0.4, 0.5) is 14.5 Å². The lowest BCUT2D eigenvalue weighted by molar-refractivity contribution is -0.124. The van der Waals surface area contributed by atoms with E-state index in [4.69, 9.17) is 4.74 Å². The number of carbonyl (C=O) groups is 2. The lowest BCUT2D eigenvalue weighted by atomic mass is 10.2. The Labute approximate surface area is 138 Å². The molecule has 1 N–H and O–H groups in total. The summed E-state index contributed by atoms with van der Waals surface area (Å²) < 4.78 is 32.1. The summed E-state index contributed by atoms with van der Waals surface area (Å²) in [5, 5.41) is 2.13. The lowest BCUT2D eigenvalue weighted by Gasteiger charge is -2.08. The van der Waals surface area contributed by atoms with Crippen LogP contribution >= 0.6 is 0 Å². The molecule has 0 atom stereocenters. The van der Waals surface area contributed by atoms with Crippen molar-refractivity contribution >= 4 is 17.4 Å². The number of aryl methyl sites for hydroxylation is 1. The summed E-state index contributed by atoms with van der Waals surface area (Å²) in [5.41, 5.74) is 0.566. The van der Waals surface area contributed by atoms with Gasteiger partial charge in [-0.1, -0.05) is 23.8 Å². The van der Waals surface area contributed by atoms with Gasteiger partial charge in [-0.05, 0) is 31.2 Å². The van der Waals surface area contributed by atoms with Gasteiger partial charge in [0, 0.05) is 12.8 Å². The van der Waals surface area contributed by atoms with E-state index in [1.165, 1.54) is 6.07 Å². The van der Waals surface area contributed by atoms with Crippen LogP contribution in [0.25, 0.3) is 0 Å². The summed E-state index contributed by atoms with van der Waals surface area (Å²) >= 11 is 0. The van der Waals surface area contributed by atoms with Crippen LogP contribution in [-0.4, -0.2) is 18.3 Å². The molecule has 1 amide bonds. The third-order valence-corrected chi connectivity index (χ3v) is 3.28. The number of amides is 1. The first kappa shape index (κ1) is 17.6. The highest BCUT2D eigenvalue weighted by molar-refractivity contribution is 5.94. The van der Waals surface area contributed by atoms with Crippen molar-refractivity contribution in [3.8, 4) is 5.75 Å². The fourth-order valence-electron chi connectivity index (χ4n) is 1.94. The molecule has 0 fully saturated rings. The van der Waals surface area contributed by atoms with E-state index in [1.807, 2.05) is 19.1 Å². The molecule has 126 valence electrons. The molecule has 0 aliphatic carbocycles. The van der Waals surface area contributed by atoms with Gasteiger partial charge >= 0.3 is 0 Å². The summed E-state index contributed by atoms with van der Waals surface area (Å²) in [6, 6.07) is 10.5. The van der Waals surface area contributed by atoms with E-state index < -0.39 is 23.2 Å². The zero-order valence-electron chi connectivity index (χ0n) is 13.1. The van der Waals surface area contributed by atoms with Gasteiger partial charge in [-0.15, -0.1) is 0 Å². The molecule has 24 heavy (non-hydrogen) atoms. The average molecular weight is 333 g/mol. The Kier molecular flexibility index (Phi) is 6.01. The molecule has 0 aliphatic heterocycles. The number of hydrogen-bond acceptors (Lipinski definition) is 3. The normalized spacial score (nSPS) is 10.3. The van der Waals surface area contributed by atoms with Crippen molar-refractivity contribution < 1.29 is 23.1 Å². The van der Waals surface area contributed by atoms with Crippen LogP contribution in [-0.2, 0) is 9.59 Å². The maximum Gasteiger partial charge on any atom is 0.224 e. The van der Waals surface area contributed by atoms with Crippen molar-refractivity contribution in [1.82, 2.24) is 0 Å². The fraction of sp³-hybridized carbons (Fsp3) is 0.222. The van der Waals surface area contributed by atoms with Crippen LogP contribution in [0, 0.1) is 18.6 Å². The topological polar surface area (TPSA) is 55.4 Å². The van der Waals surface area contributed by atoms with Gasteiger partial charge in [0.1, 0.15) is 29.7 Å². The average Bonchev–Trinajstić information content (AvgIpc) is 2.56. The molecule has 0 saturated heterocycles. The number of anilines is 1. The van der Waals surface area contributed by atoms with E-state index in [2.05, 4.69) is 5.32 Å². The number of Topliss-reactive ketones (excluding diaryl/α,β-unsaturated/α-hetero) is 1. The number of ketones is 1. The van der Waals surface area contributed by atoms with E-state index in [0.717, 1.165) is 17.7 Å². The number of hydrogen-bond donors (Lipinski definition) is 1. The maximum absolute atomic E-state index is 13.4. The summed E-state index contributed by atoms with van der Waals surface area (Å²) in [5.74, 6) is -2.08. The lowest BCUT2D eigenvalue weighted by Crippen LogP contribution is -2.18. The van der Waals surface area contributed by atoms with Gasteiger partial charge in [0.05, 0.1) is 0 Å². The van der Waals surface area contributed by atoms with Crippen molar-refractivity contribution in [3.05, 3.63) is 59.7 Å². The standard InChI is InChI=1S/C18H17F2NO3/c1-12-5-8-14(9-6-12)24-11-13(22)7-10-17(23)21-18-15(19)3-2-4-16(18)20/h2-6,8-9H,7,10-11H2,1H3,(H,21,23). The molecule has 4 nitrogen and oxygen atoms in total. The zero-order chi connectivity index (χ0) is 17.5. The second-order valence-corrected chi connectivity index (χ2v) is 5.29. The highest BCUT2D eigenvalue weighted by Crippen LogP contribution is 2.18. The molecular formula is C18H17F2NO3. The van der Waals surface area contributed by atoms with Crippen molar-refractivity contribution in [2.24, 2.45) is 0 Å². The molecule has 2 aromatic rings. The number of halogens is 2. The zero-order valence-corrected chi connectivity index (χ0v) is 13.1. The second kappa shape index (κ2) is 8.19. The summed E-state index contributed by atoms with van der Waals surface area (Å²) in [7, 11) is 0. The smallest absolute Gasteiger partial charge is 0.224 e. The van der Waals surface area contributed by atoms with Gasteiger partial charge in [-0.2, -0.15) is 0 Å². The van der Waals surface area contributed by atoms with Gasteiger partial charge < -0.3 is 10.1 Å². The Balaban J connectivity index is 1.77. The van der Waals surface area contributed by atoms with Crippen molar-refractivity contribution in [2.75, 3.05) is 11.9 Å². The molecule has 2 rings (SSSR count). The third-order valence-electron chi connectivity index (χ3n) is 3.28. The first-order valence-electron chi connectivity index (χ1n) is 7.41. The predicted molar refractivity (Wildman–Crippen MR) is 85.9 cm³/mol. The number of rotatable bonds is 7. The molecule has 0 heterocycles. The highest BCUT2D eigenvalue weighted by Gasteiger charge is 2.13. The van der Waals surface area contributed by atoms with Crippen LogP contribution in [0.5, 0.6) is 5.75 Å². The Morgan fingerprint density at radius 3 is 2.25 bits per heavy atom. The van der Waals surface area contributed by atoms with Crippen LogP contribution < -0.4 is 10.1 Å². The Hall–Kier alpha value is -2.76. The first-order valence-corrected chi connectivity index (χ1v) is 7.41. The highest BCUT2D eigenvalue weighted by atomic mass is 19.1. The first-order chi connectivity index (χ1) is 11.5. The van der Waals surface area contributed by atoms with Gasteiger partial charge in [0.25, 0.3) is 0 Å². The third kappa shape index (κ3) is 5.15. The van der Waals surface area contributed by atoms with Crippen molar-refractivity contribution in [1.29, 1.82) is 0 Å². The molecule has 2 aromatic carbocycles. The second-order valence-electron chi connectivity index (χ2n) is 5.29. The number of carbonyl (C=O) groups excluding carboxylic acids is 2. The molecular weight excluding hydrogens is 316 g/mol. The SMILES string of the molecule is Cc1ccc(OCC(=O)CCC(=O)Nc2c(F)cccc2F)cc1. The minimum absolute atomic E-state index is 0.0756. The molecule has 0 unspecified atom stereocenters. The van der Waals surface area contributed by atoms with Gasteiger partial charge in [0.15, 0.2) is 5.78 Å². The largest absolute Gasteiger partial charge is 0.486 e. The summed E-state index contributed by atoms with van der Waals surface area (Å²) in [6.07, 6.45) is -0.252. The molecule has 0 bridgehead atoms. The van der Waals surface area contributed by atoms with Gasteiger partial charge in [0.2, 0.25) is 5.91 Å². The number of benzene rings is 2. The quantitative estimate of drug-likeness (QED) is 0.842. The van der Waals surface area contributed by atoms with Crippen LogP contribution in [0.15, 0.2) is 42.5 Å². The predicted octanol–water partition coefficient (Wildman–Crippen LogP) is 3.64. The van der Waals surface area contributed by atoms with E-state index >= 15 is 0 Å². The van der Waals surface area contributed by atoms with Crippen LogP contribution in [0.3, 0.4) is 0 Å². The number of nitrogens with one attached hydrogen (secondary N) is 1. The monoisotopic (exact) mass is 333 g/mol. The Morgan fingerprint density at radius 2 is 1.62 bits per heavy atom. The molecule has 0 radical (unpaired) electrons. The van der Waals surface area contributed by atoms with E-state index in [-0.39, 0.29) is 25.2 Å². The van der Waals surface area contributed by atoms with E-state index in [0.29, 0.717) is 5.75 Å². The summed E-state index contributed by atoms with van der Waals surface area (Å²) in [6.45, 7) is 1.77. The Bertz CT molecular complexity index is 709. The van der Waals surface area contributed by atoms with Crippen molar-refractivity contribution in [2.45, 2.75) is 19.8 Å². The van der Waals surface area contributed by atoms with Gasteiger partial charge in [-0.3, -0.25) is 9.59 Å². The van der Waals surface area contributed by atoms with Gasteiger partial charge in [-0.25, -0.2) is 8.78 Å². The minimum Gasteiger partial charge on any atom is -0.486 e. The van der Waals surface area contributed by atoms with Crippen molar-refractivity contribution in [3.63, 3.8) is 0 Å². The fourth-order valence-corrected chi connectivity index (χ4v) is 1.94. The molecule has 6 heteroatoms. The van der Waals surface area contributed by atoms with E-state index in [1.54, 1.807) is 12.1 Å². The minimum atomic E-state index is -0.864. The van der Waals surface area contributed by atoms with Crippen LogP contribution in [0.2, 0.25) is 0 Å². The molecule has 0 spiro atoms.